The number of ketones is 1. The van der Waals surface area contributed by atoms with Crippen LogP contribution in [0, 0.1) is 10.1 Å². The van der Waals surface area contributed by atoms with E-state index in [1.54, 1.807) is 24.3 Å². The highest BCUT2D eigenvalue weighted by Crippen LogP contribution is 2.29. The third-order valence-corrected chi connectivity index (χ3v) is 3.27. The number of Topliss-reactive ketones (excluding diaryl/α,β-unsaturated/α-hetero) is 1. The minimum Gasteiger partial charge on any atom is -0.487 e. The number of hydrogen-bond acceptors (Lipinski definition) is 7. The Kier molecular flexibility index (Phi) is 5.75. The van der Waals surface area contributed by atoms with Crippen LogP contribution in [-0.2, 0) is 4.84 Å². The molecule has 1 heterocycles. The van der Waals surface area contributed by atoms with Gasteiger partial charge in [0.15, 0.2) is 29.0 Å². The van der Waals surface area contributed by atoms with Crippen LogP contribution in [0.4, 0.5) is 0 Å². The summed E-state index contributed by atoms with van der Waals surface area (Å²) in [5, 5.41) is 13.6. The average Bonchev–Trinajstić information content (AvgIpc) is 2.94. The number of fused-ring (bicyclic) bond motifs is 1. The molecule has 0 saturated carbocycles. The van der Waals surface area contributed by atoms with Gasteiger partial charge in [0.25, 0.3) is 5.09 Å². The van der Waals surface area contributed by atoms with Crippen LogP contribution in [0.25, 0.3) is 11.0 Å². The molecule has 0 spiro atoms. The molecule has 0 aliphatic rings. The van der Waals surface area contributed by atoms with Gasteiger partial charge in [0.1, 0.15) is 6.61 Å². The lowest BCUT2D eigenvalue weighted by molar-refractivity contribution is -0.768. The van der Waals surface area contributed by atoms with Crippen molar-refractivity contribution in [1.82, 2.24) is 5.32 Å². The second-order valence-electron chi connectivity index (χ2n) is 5.67. The fourth-order valence-corrected chi connectivity index (χ4v) is 2.12. The highest BCUT2D eigenvalue weighted by Gasteiger charge is 2.17. The van der Waals surface area contributed by atoms with E-state index in [0.29, 0.717) is 11.3 Å². The third-order valence-electron chi connectivity index (χ3n) is 3.27. The van der Waals surface area contributed by atoms with Gasteiger partial charge in [0, 0.05) is 24.9 Å². The first-order valence-corrected chi connectivity index (χ1v) is 7.57. The summed E-state index contributed by atoms with van der Waals surface area (Å²) in [5.74, 6) is 0.454. The quantitative estimate of drug-likeness (QED) is 0.426. The minimum atomic E-state index is -0.836. The summed E-state index contributed by atoms with van der Waals surface area (Å²) in [6.45, 7) is 5.51. The van der Waals surface area contributed by atoms with Crippen molar-refractivity contribution < 1.29 is 23.9 Å². The Bertz CT molecular complexity index is 724. The van der Waals surface area contributed by atoms with E-state index in [-0.39, 0.29) is 30.7 Å². The van der Waals surface area contributed by atoms with Crippen LogP contribution >= 0.6 is 0 Å². The summed E-state index contributed by atoms with van der Waals surface area (Å²) < 4.78 is 11.1. The van der Waals surface area contributed by atoms with Gasteiger partial charge in [-0.1, -0.05) is 26.0 Å². The minimum absolute atomic E-state index is 0.0318. The summed E-state index contributed by atoms with van der Waals surface area (Å²) in [7, 11) is 0. The fourth-order valence-electron chi connectivity index (χ4n) is 2.12. The van der Waals surface area contributed by atoms with Crippen molar-refractivity contribution in [1.29, 1.82) is 0 Å². The molecule has 8 heteroatoms. The van der Waals surface area contributed by atoms with E-state index < -0.39 is 11.2 Å². The van der Waals surface area contributed by atoms with E-state index in [4.69, 9.17) is 9.15 Å². The summed E-state index contributed by atoms with van der Waals surface area (Å²) in [4.78, 5) is 26.7. The van der Waals surface area contributed by atoms with E-state index >= 15 is 0 Å². The van der Waals surface area contributed by atoms with Gasteiger partial charge >= 0.3 is 0 Å². The van der Waals surface area contributed by atoms with Gasteiger partial charge in [-0.2, -0.15) is 0 Å². The predicted molar refractivity (Wildman–Crippen MR) is 86.7 cm³/mol. The van der Waals surface area contributed by atoms with Crippen LogP contribution in [0.15, 0.2) is 28.7 Å². The molecule has 1 aromatic heterocycles. The summed E-state index contributed by atoms with van der Waals surface area (Å²) in [5.41, 5.74) is 0.430. The molecule has 1 atom stereocenters. The van der Waals surface area contributed by atoms with E-state index in [9.17, 15) is 14.9 Å². The molecular weight excluding hydrogens is 316 g/mol. The molecule has 1 unspecified atom stereocenters. The lowest BCUT2D eigenvalue weighted by Crippen LogP contribution is -2.38. The number of nitrogens with zero attached hydrogens (tertiary/aromatic N) is 1. The maximum atomic E-state index is 11.4. The van der Waals surface area contributed by atoms with Crippen molar-refractivity contribution in [3.8, 4) is 5.75 Å². The van der Waals surface area contributed by atoms with E-state index in [0.717, 1.165) is 5.39 Å². The molecule has 1 aromatic carbocycles. The Hall–Kier alpha value is -2.61. The maximum absolute atomic E-state index is 11.4. The molecule has 0 radical (unpaired) electrons. The van der Waals surface area contributed by atoms with E-state index in [1.165, 1.54) is 6.92 Å². The zero-order chi connectivity index (χ0) is 17.7. The molecule has 0 amide bonds. The zero-order valence-corrected chi connectivity index (χ0v) is 13.8. The average molecular weight is 336 g/mol. The lowest BCUT2D eigenvalue weighted by atomic mass is 10.2. The van der Waals surface area contributed by atoms with Crippen molar-refractivity contribution in [2.24, 2.45) is 0 Å². The van der Waals surface area contributed by atoms with Crippen molar-refractivity contribution in [2.45, 2.75) is 32.9 Å². The molecule has 1 N–H and O–H groups in total. The van der Waals surface area contributed by atoms with Gasteiger partial charge in [0.2, 0.25) is 0 Å². The second-order valence-corrected chi connectivity index (χ2v) is 5.67. The molecule has 0 bridgehead atoms. The monoisotopic (exact) mass is 336 g/mol. The molecule has 2 rings (SSSR count). The summed E-state index contributed by atoms with van der Waals surface area (Å²) >= 11 is 0. The van der Waals surface area contributed by atoms with Gasteiger partial charge in [0.05, 0.1) is 0 Å². The molecule has 0 aliphatic carbocycles. The van der Waals surface area contributed by atoms with Gasteiger partial charge in [-0.25, -0.2) is 0 Å². The van der Waals surface area contributed by atoms with E-state index in [2.05, 4.69) is 10.2 Å². The van der Waals surface area contributed by atoms with Crippen molar-refractivity contribution in [3.05, 3.63) is 40.1 Å². The molecule has 0 aliphatic heterocycles. The van der Waals surface area contributed by atoms with Gasteiger partial charge < -0.3 is 19.3 Å². The first-order valence-electron chi connectivity index (χ1n) is 7.57. The van der Waals surface area contributed by atoms with Gasteiger partial charge in [-0.3, -0.25) is 4.79 Å². The summed E-state index contributed by atoms with van der Waals surface area (Å²) in [6, 6.07) is 7.02. The Labute approximate surface area is 138 Å². The smallest absolute Gasteiger partial charge is 0.294 e. The van der Waals surface area contributed by atoms with Crippen LogP contribution in [0.5, 0.6) is 5.75 Å². The van der Waals surface area contributed by atoms with E-state index in [1.807, 2.05) is 13.8 Å². The molecule has 0 saturated heterocycles. The fraction of sp³-hybridized carbons (Fsp3) is 0.438. The number of benzene rings is 1. The molecular formula is C16H20N2O6. The summed E-state index contributed by atoms with van der Waals surface area (Å²) in [6.07, 6.45) is -0.764. The van der Waals surface area contributed by atoms with Gasteiger partial charge in [-0.15, -0.1) is 10.1 Å². The number of para-hydroxylation sites is 1. The first kappa shape index (κ1) is 17.7. The topological polar surface area (TPSA) is 104 Å². The number of furan rings is 1. The maximum Gasteiger partial charge on any atom is 0.294 e. The molecule has 2 aromatic rings. The Morgan fingerprint density at radius 1 is 1.42 bits per heavy atom. The molecule has 24 heavy (non-hydrogen) atoms. The standard InChI is InChI=1S/C16H20N2O6/c1-10(2)17-8-13(24-18(20)21)9-22-14-6-4-5-12-7-15(11(3)19)23-16(12)14/h4-7,10,13,17H,8-9H2,1-3H3. The Morgan fingerprint density at radius 2 is 2.17 bits per heavy atom. The van der Waals surface area contributed by atoms with Crippen LogP contribution in [-0.4, -0.2) is 36.2 Å². The lowest BCUT2D eigenvalue weighted by Gasteiger charge is -2.18. The third kappa shape index (κ3) is 4.69. The molecule has 8 nitrogen and oxygen atoms in total. The van der Waals surface area contributed by atoms with Gasteiger partial charge in [-0.05, 0) is 12.1 Å². The van der Waals surface area contributed by atoms with Crippen molar-refractivity contribution >= 4 is 16.8 Å². The number of carbonyl (C=O) groups is 1. The Morgan fingerprint density at radius 3 is 2.79 bits per heavy atom. The largest absolute Gasteiger partial charge is 0.487 e. The van der Waals surface area contributed by atoms with Crippen LogP contribution in [0.3, 0.4) is 0 Å². The molecule has 130 valence electrons. The zero-order valence-electron chi connectivity index (χ0n) is 13.8. The van der Waals surface area contributed by atoms with Crippen molar-refractivity contribution in [2.75, 3.05) is 13.2 Å². The number of hydrogen-bond donors (Lipinski definition) is 1. The normalized spacial score (nSPS) is 12.3. The number of nitrogens with one attached hydrogen (secondary N) is 1. The Balaban J connectivity index is 2.11. The SMILES string of the molecule is CC(=O)c1cc2cccc(OCC(CNC(C)C)O[N+](=O)[O-])c2o1. The highest BCUT2D eigenvalue weighted by molar-refractivity contribution is 5.97. The second kappa shape index (κ2) is 7.78. The molecule has 0 fully saturated rings. The highest BCUT2D eigenvalue weighted by atomic mass is 17.0. The van der Waals surface area contributed by atoms with Crippen molar-refractivity contribution in [3.63, 3.8) is 0 Å². The van der Waals surface area contributed by atoms with Crippen LogP contribution < -0.4 is 10.1 Å². The van der Waals surface area contributed by atoms with Crippen LogP contribution in [0.1, 0.15) is 31.3 Å². The number of rotatable bonds is 9. The first-order chi connectivity index (χ1) is 11.4. The predicted octanol–water partition coefficient (Wildman–Crippen LogP) is 2.59. The number of carbonyl (C=O) groups excluding carboxylic acids is 1. The van der Waals surface area contributed by atoms with Crippen LogP contribution in [0.2, 0.25) is 0 Å². The number of ether oxygens (including phenoxy) is 1.